The Morgan fingerprint density at radius 3 is 2.94 bits per heavy atom. The molecular formula is C13H8BrNO2. The quantitative estimate of drug-likeness (QED) is 0.730. The van der Waals surface area contributed by atoms with E-state index in [0.29, 0.717) is 11.3 Å². The van der Waals surface area contributed by atoms with Crippen molar-refractivity contribution >= 4 is 32.6 Å². The van der Waals surface area contributed by atoms with Crippen LogP contribution in [0.5, 0.6) is 0 Å². The largest absolute Gasteiger partial charge is 0.461 e. The maximum atomic E-state index is 12.2. The number of furan rings is 1. The zero-order valence-electron chi connectivity index (χ0n) is 8.74. The molecule has 0 aliphatic rings. The van der Waals surface area contributed by atoms with Crippen molar-refractivity contribution in [1.82, 2.24) is 4.98 Å². The molecule has 0 atom stereocenters. The maximum Gasteiger partial charge on any atom is 0.230 e. The van der Waals surface area contributed by atoms with Crippen molar-refractivity contribution in [2.75, 3.05) is 0 Å². The topological polar surface area (TPSA) is 46.0 Å². The minimum absolute atomic E-state index is 0.112. The number of halogens is 1. The molecule has 1 aromatic carbocycles. The number of nitrogens with one attached hydrogen (secondary N) is 1. The van der Waals surface area contributed by atoms with Crippen LogP contribution in [0.4, 0.5) is 0 Å². The molecule has 0 unspecified atom stereocenters. The highest BCUT2D eigenvalue weighted by molar-refractivity contribution is 9.10. The molecule has 0 spiro atoms. The molecule has 0 fully saturated rings. The summed E-state index contributed by atoms with van der Waals surface area (Å²) in [7, 11) is 0. The van der Waals surface area contributed by atoms with Crippen LogP contribution in [0, 0.1) is 0 Å². The van der Waals surface area contributed by atoms with Gasteiger partial charge >= 0.3 is 0 Å². The van der Waals surface area contributed by atoms with Gasteiger partial charge in [-0.2, -0.15) is 0 Å². The van der Waals surface area contributed by atoms with Gasteiger partial charge in [-0.3, -0.25) is 4.79 Å². The van der Waals surface area contributed by atoms with Crippen molar-refractivity contribution in [1.29, 1.82) is 0 Å². The molecule has 17 heavy (non-hydrogen) atoms. The number of hydrogen-bond acceptors (Lipinski definition) is 2. The third-order valence-electron chi connectivity index (χ3n) is 2.63. The summed E-state index contributed by atoms with van der Waals surface area (Å²) in [6.07, 6.45) is 3.21. The highest BCUT2D eigenvalue weighted by Gasteiger charge is 2.16. The lowest BCUT2D eigenvalue weighted by molar-refractivity contribution is 0.101. The Morgan fingerprint density at radius 2 is 2.18 bits per heavy atom. The molecule has 0 saturated heterocycles. The van der Waals surface area contributed by atoms with Gasteiger partial charge in [0.2, 0.25) is 5.78 Å². The van der Waals surface area contributed by atoms with Gasteiger partial charge in [0, 0.05) is 21.6 Å². The average molecular weight is 290 g/mol. The van der Waals surface area contributed by atoms with Gasteiger partial charge in [0.05, 0.1) is 11.8 Å². The number of H-pyrrole nitrogens is 1. The highest BCUT2D eigenvalue weighted by Crippen LogP contribution is 2.24. The first kappa shape index (κ1) is 10.4. The average Bonchev–Trinajstić information content (AvgIpc) is 2.97. The molecule has 1 N–H and O–H groups in total. The van der Waals surface area contributed by atoms with Crippen LogP contribution in [0.15, 0.2) is 51.7 Å². The highest BCUT2D eigenvalue weighted by atomic mass is 79.9. The van der Waals surface area contributed by atoms with E-state index in [1.54, 1.807) is 18.3 Å². The first-order valence-electron chi connectivity index (χ1n) is 5.10. The zero-order chi connectivity index (χ0) is 11.8. The number of carbonyl (C=O) groups excluding carboxylic acids is 1. The van der Waals surface area contributed by atoms with Crippen LogP contribution >= 0.6 is 15.9 Å². The monoisotopic (exact) mass is 289 g/mol. The molecular weight excluding hydrogens is 282 g/mol. The van der Waals surface area contributed by atoms with Crippen LogP contribution in [-0.4, -0.2) is 10.8 Å². The van der Waals surface area contributed by atoms with Gasteiger partial charge in [0.15, 0.2) is 5.76 Å². The van der Waals surface area contributed by atoms with Crippen molar-refractivity contribution in [3.05, 3.63) is 58.6 Å². The Kier molecular flexibility index (Phi) is 2.37. The summed E-state index contributed by atoms with van der Waals surface area (Å²) in [5.74, 6) is 0.241. The van der Waals surface area contributed by atoms with Crippen molar-refractivity contribution in [3.63, 3.8) is 0 Å². The van der Waals surface area contributed by atoms with E-state index in [0.717, 1.165) is 15.4 Å². The number of aromatic amines is 1. The zero-order valence-corrected chi connectivity index (χ0v) is 10.3. The fourth-order valence-corrected chi connectivity index (χ4v) is 2.18. The number of carbonyl (C=O) groups is 1. The second-order valence-corrected chi connectivity index (χ2v) is 4.61. The molecule has 0 aliphatic heterocycles. The number of benzene rings is 1. The molecule has 3 rings (SSSR count). The number of aromatic nitrogens is 1. The van der Waals surface area contributed by atoms with Crippen molar-refractivity contribution in [2.24, 2.45) is 0 Å². The lowest BCUT2D eigenvalue weighted by Gasteiger charge is -1.96. The number of hydrogen-bond donors (Lipinski definition) is 1. The fraction of sp³-hybridized carbons (Fsp3) is 0. The van der Waals surface area contributed by atoms with E-state index in [9.17, 15) is 4.79 Å². The van der Waals surface area contributed by atoms with Gasteiger partial charge in [-0.1, -0.05) is 15.9 Å². The van der Waals surface area contributed by atoms with Gasteiger partial charge in [0.1, 0.15) is 0 Å². The first-order valence-corrected chi connectivity index (χ1v) is 5.90. The van der Waals surface area contributed by atoms with Gasteiger partial charge in [-0.15, -0.1) is 0 Å². The predicted molar refractivity (Wildman–Crippen MR) is 68.1 cm³/mol. The van der Waals surface area contributed by atoms with Crippen molar-refractivity contribution in [3.8, 4) is 0 Å². The van der Waals surface area contributed by atoms with E-state index in [-0.39, 0.29) is 5.78 Å². The summed E-state index contributed by atoms with van der Waals surface area (Å²) in [4.78, 5) is 15.2. The summed E-state index contributed by atoms with van der Waals surface area (Å²) < 4.78 is 6.07. The van der Waals surface area contributed by atoms with Crippen LogP contribution in [0.25, 0.3) is 10.9 Å². The van der Waals surface area contributed by atoms with Crippen LogP contribution in [0.2, 0.25) is 0 Å². The van der Waals surface area contributed by atoms with Crippen molar-refractivity contribution in [2.45, 2.75) is 0 Å². The molecule has 0 saturated carbocycles. The number of rotatable bonds is 2. The normalized spacial score (nSPS) is 10.9. The standard InChI is InChI=1S/C13H8BrNO2/c14-8-3-4-11-9(6-8)10(7-15-11)13(16)12-2-1-5-17-12/h1-7,15H. The summed E-state index contributed by atoms with van der Waals surface area (Å²) >= 11 is 3.40. The Morgan fingerprint density at radius 1 is 1.29 bits per heavy atom. The number of ketones is 1. The molecule has 0 bridgehead atoms. The van der Waals surface area contributed by atoms with Gasteiger partial charge in [-0.25, -0.2) is 0 Å². The second kappa shape index (κ2) is 3.89. The third kappa shape index (κ3) is 1.70. The first-order chi connectivity index (χ1) is 8.25. The van der Waals surface area contributed by atoms with E-state index in [1.807, 2.05) is 18.2 Å². The second-order valence-electron chi connectivity index (χ2n) is 3.70. The molecule has 0 radical (unpaired) electrons. The maximum absolute atomic E-state index is 12.2. The van der Waals surface area contributed by atoms with E-state index in [4.69, 9.17) is 4.42 Å². The third-order valence-corrected chi connectivity index (χ3v) is 3.13. The molecule has 84 valence electrons. The van der Waals surface area contributed by atoms with Crippen molar-refractivity contribution < 1.29 is 9.21 Å². The molecule has 3 aromatic rings. The number of fused-ring (bicyclic) bond motifs is 1. The summed E-state index contributed by atoms with van der Waals surface area (Å²) in [6, 6.07) is 9.15. The predicted octanol–water partition coefficient (Wildman–Crippen LogP) is 3.75. The minimum atomic E-state index is -0.112. The van der Waals surface area contributed by atoms with E-state index < -0.39 is 0 Å². The van der Waals surface area contributed by atoms with Crippen LogP contribution in [-0.2, 0) is 0 Å². The molecule has 3 nitrogen and oxygen atoms in total. The SMILES string of the molecule is O=C(c1ccco1)c1c[nH]c2ccc(Br)cc12. The van der Waals surface area contributed by atoms with Crippen LogP contribution in [0.1, 0.15) is 16.1 Å². The summed E-state index contributed by atoms with van der Waals surface area (Å²) in [5.41, 5.74) is 1.55. The fourth-order valence-electron chi connectivity index (χ4n) is 1.82. The van der Waals surface area contributed by atoms with Crippen LogP contribution in [0.3, 0.4) is 0 Å². The Hall–Kier alpha value is -1.81. The molecule has 0 aliphatic carbocycles. The van der Waals surface area contributed by atoms with E-state index in [1.165, 1.54) is 6.26 Å². The van der Waals surface area contributed by atoms with Gasteiger partial charge in [0.25, 0.3) is 0 Å². The van der Waals surface area contributed by atoms with E-state index >= 15 is 0 Å². The Bertz CT molecular complexity index is 683. The lowest BCUT2D eigenvalue weighted by Crippen LogP contribution is -1.97. The Labute approximate surface area is 106 Å². The van der Waals surface area contributed by atoms with Gasteiger partial charge < -0.3 is 9.40 Å². The molecule has 2 heterocycles. The molecule has 4 heteroatoms. The summed E-state index contributed by atoms with van der Waals surface area (Å²) in [5, 5.41) is 0.890. The van der Waals surface area contributed by atoms with E-state index in [2.05, 4.69) is 20.9 Å². The minimum Gasteiger partial charge on any atom is -0.461 e. The lowest BCUT2D eigenvalue weighted by atomic mass is 10.1. The van der Waals surface area contributed by atoms with Crippen LogP contribution < -0.4 is 0 Å². The Balaban J connectivity index is 2.18. The molecule has 2 aromatic heterocycles. The molecule has 0 amide bonds. The summed E-state index contributed by atoms with van der Waals surface area (Å²) in [6.45, 7) is 0. The smallest absolute Gasteiger partial charge is 0.230 e. The van der Waals surface area contributed by atoms with Gasteiger partial charge in [-0.05, 0) is 30.3 Å².